The Morgan fingerprint density at radius 2 is 1.42 bits per heavy atom. The number of ether oxygens (including phenoxy) is 3. The largest absolute Gasteiger partial charge is 0.494 e. The third-order valence-corrected chi connectivity index (χ3v) is 7.23. The standard InChI is InChI=1S/C38H56N4O8/c1-26-16-18-30(48-23-13-12-22-39-36(47)50-38(6,7)8)24-29(26)25-40-34(45)31(19-17-28-14-10-9-11-15-28)42-35(46)32(41-27(2)43)20-21-33(44)49-37(3,4)5/h9-11,14-16,18,24,31-32H,12-13,17,19-23,25H2,1-8H3,(H,39,47)(H,40,45)(H,41,43)(H,42,46). The molecule has 276 valence electrons. The summed E-state index contributed by atoms with van der Waals surface area (Å²) in [6.07, 6.45) is 1.75. The van der Waals surface area contributed by atoms with Crippen LogP contribution in [0.5, 0.6) is 5.75 Å². The molecule has 2 aromatic carbocycles. The molecule has 0 aliphatic heterocycles. The third kappa shape index (κ3) is 17.7. The molecule has 12 nitrogen and oxygen atoms in total. The number of benzene rings is 2. The van der Waals surface area contributed by atoms with E-state index in [0.29, 0.717) is 38.2 Å². The minimum Gasteiger partial charge on any atom is -0.494 e. The zero-order valence-corrected chi connectivity index (χ0v) is 30.9. The highest BCUT2D eigenvalue weighted by molar-refractivity contribution is 5.92. The van der Waals surface area contributed by atoms with E-state index in [1.807, 2.05) is 76.2 Å². The minimum absolute atomic E-state index is 0.0135. The number of alkyl carbamates (subject to hydrolysis) is 1. The first-order chi connectivity index (χ1) is 23.4. The van der Waals surface area contributed by atoms with Gasteiger partial charge < -0.3 is 35.5 Å². The van der Waals surface area contributed by atoms with Crippen LogP contribution in [0.25, 0.3) is 0 Å². The molecular weight excluding hydrogens is 640 g/mol. The van der Waals surface area contributed by atoms with Crippen molar-refractivity contribution in [1.82, 2.24) is 21.3 Å². The van der Waals surface area contributed by atoms with E-state index in [9.17, 15) is 24.0 Å². The number of nitrogens with one attached hydrogen (secondary N) is 4. The SMILES string of the molecule is CC(=O)NC(CCC(=O)OC(C)(C)C)C(=O)NC(CCc1ccccc1)C(=O)NCc1cc(OCCCCNC(=O)OC(C)(C)C)ccc1C. The Labute approximate surface area is 296 Å². The van der Waals surface area contributed by atoms with Crippen molar-refractivity contribution >= 4 is 29.8 Å². The number of carbonyl (C=O) groups is 5. The van der Waals surface area contributed by atoms with Gasteiger partial charge in [0.2, 0.25) is 17.7 Å². The van der Waals surface area contributed by atoms with E-state index in [0.717, 1.165) is 23.1 Å². The lowest BCUT2D eigenvalue weighted by atomic mass is 10.0. The van der Waals surface area contributed by atoms with Crippen molar-refractivity contribution in [3.8, 4) is 5.75 Å². The second-order valence-electron chi connectivity index (χ2n) is 14.3. The summed E-state index contributed by atoms with van der Waals surface area (Å²) < 4.78 is 16.5. The van der Waals surface area contributed by atoms with E-state index < -0.39 is 47.2 Å². The summed E-state index contributed by atoms with van der Waals surface area (Å²) in [6.45, 7) is 15.0. The van der Waals surface area contributed by atoms with E-state index >= 15 is 0 Å². The van der Waals surface area contributed by atoms with Gasteiger partial charge in [-0.15, -0.1) is 0 Å². The lowest BCUT2D eigenvalue weighted by Crippen LogP contribution is -2.53. The van der Waals surface area contributed by atoms with Crippen LogP contribution in [-0.2, 0) is 41.6 Å². The number of hydrogen-bond donors (Lipinski definition) is 4. The average molecular weight is 697 g/mol. The van der Waals surface area contributed by atoms with E-state index in [-0.39, 0.29) is 25.3 Å². The number of esters is 1. The van der Waals surface area contributed by atoms with Gasteiger partial charge in [-0.25, -0.2) is 4.79 Å². The normalized spacial score (nSPS) is 12.6. The van der Waals surface area contributed by atoms with Gasteiger partial charge >= 0.3 is 12.1 Å². The molecule has 12 heteroatoms. The average Bonchev–Trinajstić information content (AvgIpc) is 3.01. The fourth-order valence-corrected chi connectivity index (χ4v) is 4.82. The first-order valence-corrected chi connectivity index (χ1v) is 17.2. The highest BCUT2D eigenvalue weighted by Gasteiger charge is 2.28. The van der Waals surface area contributed by atoms with Crippen LogP contribution < -0.4 is 26.0 Å². The Morgan fingerprint density at radius 1 is 0.760 bits per heavy atom. The molecule has 2 rings (SSSR count). The van der Waals surface area contributed by atoms with Crippen LogP contribution in [0, 0.1) is 6.92 Å². The molecule has 0 fully saturated rings. The van der Waals surface area contributed by atoms with Crippen LogP contribution in [0.15, 0.2) is 48.5 Å². The molecule has 2 aromatic rings. The van der Waals surface area contributed by atoms with Crippen LogP contribution in [-0.4, -0.2) is 66.2 Å². The van der Waals surface area contributed by atoms with Crippen molar-refractivity contribution < 1.29 is 38.2 Å². The molecule has 2 unspecified atom stereocenters. The molecule has 0 aliphatic carbocycles. The molecule has 0 spiro atoms. The summed E-state index contributed by atoms with van der Waals surface area (Å²) in [6, 6.07) is 13.3. The molecule has 0 saturated heterocycles. The van der Waals surface area contributed by atoms with Crippen LogP contribution >= 0.6 is 0 Å². The Morgan fingerprint density at radius 3 is 2.06 bits per heavy atom. The van der Waals surface area contributed by atoms with Gasteiger partial charge in [-0.1, -0.05) is 36.4 Å². The Hall–Kier alpha value is -4.61. The van der Waals surface area contributed by atoms with Gasteiger partial charge in [0, 0.05) is 26.4 Å². The summed E-state index contributed by atoms with van der Waals surface area (Å²) >= 11 is 0. The molecule has 4 N–H and O–H groups in total. The van der Waals surface area contributed by atoms with Crippen molar-refractivity contribution in [2.75, 3.05) is 13.2 Å². The first-order valence-electron chi connectivity index (χ1n) is 17.2. The van der Waals surface area contributed by atoms with Crippen LogP contribution in [0.2, 0.25) is 0 Å². The molecule has 0 saturated carbocycles. The second-order valence-corrected chi connectivity index (χ2v) is 14.3. The van der Waals surface area contributed by atoms with Gasteiger partial charge in [-0.3, -0.25) is 19.2 Å². The van der Waals surface area contributed by atoms with Crippen LogP contribution in [0.1, 0.15) is 97.3 Å². The number of carbonyl (C=O) groups excluding carboxylic acids is 5. The lowest BCUT2D eigenvalue weighted by Gasteiger charge is -2.24. The van der Waals surface area contributed by atoms with E-state index in [2.05, 4.69) is 21.3 Å². The van der Waals surface area contributed by atoms with Crippen molar-refractivity contribution in [1.29, 1.82) is 0 Å². The summed E-state index contributed by atoms with van der Waals surface area (Å²) in [5.74, 6) is -1.22. The topological polar surface area (TPSA) is 161 Å². The summed E-state index contributed by atoms with van der Waals surface area (Å²) in [4.78, 5) is 63.1. The summed E-state index contributed by atoms with van der Waals surface area (Å²) in [5, 5.41) is 11.1. The van der Waals surface area contributed by atoms with Gasteiger partial charge in [0.15, 0.2) is 0 Å². The van der Waals surface area contributed by atoms with Gasteiger partial charge in [0.1, 0.15) is 29.0 Å². The first kappa shape index (κ1) is 41.6. The molecular formula is C38H56N4O8. The lowest BCUT2D eigenvalue weighted by molar-refractivity contribution is -0.155. The summed E-state index contributed by atoms with van der Waals surface area (Å²) in [7, 11) is 0. The van der Waals surface area contributed by atoms with Crippen LogP contribution in [0.4, 0.5) is 4.79 Å². The highest BCUT2D eigenvalue weighted by Crippen LogP contribution is 2.18. The maximum Gasteiger partial charge on any atom is 0.407 e. The predicted molar refractivity (Wildman–Crippen MR) is 191 cm³/mol. The zero-order valence-electron chi connectivity index (χ0n) is 30.9. The quantitative estimate of drug-likeness (QED) is 0.125. The van der Waals surface area contributed by atoms with Crippen molar-refractivity contribution in [2.45, 2.75) is 124 Å². The fraction of sp³-hybridized carbons (Fsp3) is 0.553. The van der Waals surface area contributed by atoms with Gasteiger partial charge in [0.05, 0.1) is 6.61 Å². The van der Waals surface area contributed by atoms with Crippen molar-refractivity contribution in [3.63, 3.8) is 0 Å². The maximum absolute atomic E-state index is 13.6. The minimum atomic E-state index is -1.03. The van der Waals surface area contributed by atoms with Gasteiger partial charge in [0.25, 0.3) is 0 Å². The Bertz CT molecular complexity index is 1420. The number of amides is 4. The van der Waals surface area contributed by atoms with Crippen LogP contribution in [0.3, 0.4) is 0 Å². The Balaban J connectivity index is 2.03. The number of hydrogen-bond acceptors (Lipinski definition) is 8. The summed E-state index contributed by atoms with van der Waals surface area (Å²) in [5.41, 5.74) is 1.58. The second kappa shape index (κ2) is 20.2. The molecule has 0 bridgehead atoms. The molecule has 4 amide bonds. The fourth-order valence-electron chi connectivity index (χ4n) is 4.82. The molecule has 0 aromatic heterocycles. The van der Waals surface area contributed by atoms with E-state index in [4.69, 9.17) is 14.2 Å². The molecule has 2 atom stereocenters. The molecule has 50 heavy (non-hydrogen) atoms. The van der Waals surface area contributed by atoms with Gasteiger partial charge in [-0.2, -0.15) is 0 Å². The van der Waals surface area contributed by atoms with Crippen molar-refractivity contribution in [2.24, 2.45) is 0 Å². The van der Waals surface area contributed by atoms with E-state index in [1.165, 1.54) is 6.92 Å². The zero-order chi connectivity index (χ0) is 37.3. The molecule has 0 heterocycles. The molecule has 0 radical (unpaired) electrons. The third-order valence-electron chi connectivity index (χ3n) is 7.23. The number of aryl methyl sites for hydroxylation is 2. The Kier molecular flexibility index (Phi) is 16.8. The van der Waals surface area contributed by atoms with Gasteiger partial charge in [-0.05, 0) is 109 Å². The monoisotopic (exact) mass is 696 g/mol. The smallest absolute Gasteiger partial charge is 0.407 e. The highest BCUT2D eigenvalue weighted by atomic mass is 16.6. The number of rotatable bonds is 18. The molecule has 0 aliphatic rings. The van der Waals surface area contributed by atoms with E-state index in [1.54, 1.807) is 20.8 Å². The van der Waals surface area contributed by atoms with Crippen molar-refractivity contribution in [3.05, 3.63) is 65.2 Å². The maximum atomic E-state index is 13.6. The predicted octanol–water partition coefficient (Wildman–Crippen LogP) is 5.04. The number of unbranched alkanes of at least 4 members (excludes halogenated alkanes) is 1.